The largest absolute Gasteiger partial charge is 0.311 e. The fraction of sp³-hybridized carbons (Fsp3) is 0. The first-order valence-electron chi connectivity index (χ1n) is 18.1. The molecule has 0 radical (unpaired) electrons. The maximum atomic E-state index is 2.60. The minimum Gasteiger partial charge on any atom is -0.311 e. The highest BCUT2D eigenvalue weighted by atomic mass is 32.1. The highest BCUT2D eigenvalue weighted by Gasteiger charge is 2.43. The van der Waals surface area contributed by atoms with Gasteiger partial charge in [-0.1, -0.05) is 103 Å². The molecule has 0 saturated carbocycles. The lowest BCUT2D eigenvalue weighted by atomic mass is 9.37. The minimum absolute atomic E-state index is 0.164. The van der Waals surface area contributed by atoms with Crippen molar-refractivity contribution < 1.29 is 0 Å². The Bertz CT molecular complexity index is 3380. The van der Waals surface area contributed by atoms with Crippen molar-refractivity contribution in [3.05, 3.63) is 158 Å². The topological polar surface area (TPSA) is 3.24 Å². The van der Waals surface area contributed by atoms with E-state index in [-0.39, 0.29) is 6.71 Å². The van der Waals surface area contributed by atoms with Crippen molar-refractivity contribution in [1.29, 1.82) is 0 Å². The summed E-state index contributed by atoms with van der Waals surface area (Å²) in [6.07, 6.45) is 0. The van der Waals surface area contributed by atoms with Crippen molar-refractivity contribution in [2.75, 3.05) is 4.90 Å². The zero-order chi connectivity index (χ0) is 34.4. The Hall–Kier alpha value is -5.72. The number of anilines is 3. The highest BCUT2D eigenvalue weighted by Crippen LogP contribution is 2.48. The Morgan fingerprint density at radius 3 is 1.81 bits per heavy atom. The predicted octanol–water partition coefficient (Wildman–Crippen LogP) is 12.7. The molecule has 53 heavy (non-hydrogen) atoms. The van der Waals surface area contributed by atoms with E-state index < -0.39 is 0 Å². The van der Waals surface area contributed by atoms with Gasteiger partial charge in [0.15, 0.2) is 0 Å². The summed E-state index contributed by atoms with van der Waals surface area (Å²) in [6, 6.07) is 59.8. The smallest absolute Gasteiger partial charge is 0.248 e. The number of benzene rings is 8. The van der Waals surface area contributed by atoms with E-state index in [1.54, 1.807) is 0 Å². The van der Waals surface area contributed by atoms with Crippen molar-refractivity contribution in [3.8, 4) is 22.3 Å². The van der Waals surface area contributed by atoms with Crippen molar-refractivity contribution in [2.24, 2.45) is 0 Å². The maximum Gasteiger partial charge on any atom is 0.248 e. The van der Waals surface area contributed by atoms with Crippen LogP contribution < -0.4 is 21.3 Å². The van der Waals surface area contributed by atoms with Crippen LogP contribution in [0.1, 0.15) is 0 Å². The normalized spacial score (nSPS) is 13.2. The van der Waals surface area contributed by atoms with Gasteiger partial charge in [-0.2, -0.15) is 0 Å². The molecule has 0 amide bonds. The molecule has 0 aliphatic carbocycles. The average molecular weight is 724 g/mol. The van der Waals surface area contributed by atoms with Gasteiger partial charge in [0.1, 0.15) is 0 Å². The molecule has 244 valence electrons. The van der Waals surface area contributed by atoms with E-state index >= 15 is 0 Å². The van der Waals surface area contributed by atoms with Crippen LogP contribution in [0.2, 0.25) is 0 Å². The summed E-state index contributed by atoms with van der Waals surface area (Å²) in [6.45, 7) is 0.164. The molecule has 3 aromatic heterocycles. The molecule has 2 aliphatic rings. The summed E-state index contributed by atoms with van der Waals surface area (Å²) >= 11 is 5.71. The van der Waals surface area contributed by atoms with Crippen molar-refractivity contribution in [2.45, 2.75) is 0 Å². The molecule has 11 aromatic rings. The van der Waals surface area contributed by atoms with Crippen molar-refractivity contribution in [1.82, 2.24) is 0 Å². The van der Waals surface area contributed by atoms with Gasteiger partial charge < -0.3 is 4.90 Å². The van der Waals surface area contributed by atoms with Crippen molar-refractivity contribution in [3.63, 3.8) is 0 Å². The Morgan fingerprint density at radius 2 is 1.00 bits per heavy atom. The first kappa shape index (κ1) is 28.8. The summed E-state index contributed by atoms with van der Waals surface area (Å²) in [4.78, 5) is 2.60. The molecule has 8 aromatic carbocycles. The third-order valence-corrected chi connectivity index (χ3v) is 15.2. The SMILES string of the molecule is c1ccc2c(c1)B1c3cc4sc5ccccc5c4cc3N(c3ccc4sc5ccccc5c4c3)c3cc(-c4cccc5c4sc4ccccc45)cc-2c31. The van der Waals surface area contributed by atoms with Crippen LogP contribution in [-0.4, -0.2) is 6.71 Å². The number of fused-ring (bicyclic) bond motifs is 14. The van der Waals surface area contributed by atoms with Gasteiger partial charge in [-0.15, -0.1) is 34.0 Å². The second kappa shape index (κ2) is 10.5. The first-order valence-corrected chi connectivity index (χ1v) is 20.6. The van der Waals surface area contributed by atoms with E-state index in [0.717, 1.165) is 0 Å². The Kier molecular flexibility index (Phi) is 5.69. The molecule has 2 aliphatic heterocycles. The molecular weight excluding hydrogens is 698 g/mol. The van der Waals surface area contributed by atoms with Gasteiger partial charge in [-0.25, -0.2) is 0 Å². The van der Waals surface area contributed by atoms with Crippen LogP contribution >= 0.6 is 34.0 Å². The molecule has 5 heterocycles. The number of thiophene rings is 3. The van der Waals surface area contributed by atoms with Gasteiger partial charge in [-0.3, -0.25) is 0 Å². The van der Waals surface area contributed by atoms with Gasteiger partial charge in [0.05, 0.1) is 0 Å². The number of rotatable bonds is 2. The van der Waals surface area contributed by atoms with Crippen LogP contribution in [0.15, 0.2) is 158 Å². The molecule has 0 spiro atoms. The van der Waals surface area contributed by atoms with Crippen LogP contribution in [0, 0.1) is 0 Å². The quantitative estimate of drug-likeness (QED) is 0.161. The Morgan fingerprint density at radius 1 is 0.377 bits per heavy atom. The van der Waals surface area contributed by atoms with Crippen LogP contribution in [-0.2, 0) is 0 Å². The van der Waals surface area contributed by atoms with Gasteiger partial charge in [-0.05, 0) is 93.8 Å². The molecule has 0 fully saturated rings. The molecule has 0 unspecified atom stereocenters. The third-order valence-electron chi connectivity index (χ3n) is 11.7. The lowest BCUT2D eigenvalue weighted by Gasteiger charge is -2.36. The maximum absolute atomic E-state index is 2.60. The highest BCUT2D eigenvalue weighted by molar-refractivity contribution is 7.27. The molecular formula is C48H26BNS3. The van der Waals surface area contributed by atoms with Gasteiger partial charge in [0, 0.05) is 77.6 Å². The van der Waals surface area contributed by atoms with Crippen LogP contribution in [0.3, 0.4) is 0 Å². The van der Waals surface area contributed by atoms with E-state index in [1.807, 2.05) is 34.0 Å². The number of hydrogen-bond donors (Lipinski definition) is 0. The zero-order valence-corrected chi connectivity index (χ0v) is 30.7. The summed E-state index contributed by atoms with van der Waals surface area (Å²) in [7, 11) is 0. The van der Waals surface area contributed by atoms with E-state index in [0.29, 0.717) is 0 Å². The van der Waals surface area contributed by atoms with E-state index in [1.165, 1.54) is 116 Å². The summed E-state index contributed by atoms with van der Waals surface area (Å²) in [5.41, 5.74) is 13.2. The molecule has 0 N–H and O–H groups in total. The molecule has 0 saturated heterocycles. The minimum atomic E-state index is 0.164. The zero-order valence-electron chi connectivity index (χ0n) is 28.3. The monoisotopic (exact) mass is 723 g/mol. The van der Waals surface area contributed by atoms with E-state index in [2.05, 4.69) is 163 Å². The van der Waals surface area contributed by atoms with E-state index in [4.69, 9.17) is 0 Å². The lowest BCUT2D eigenvalue weighted by molar-refractivity contribution is 1.31. The number of nitrogens with zero attached hydrogens (tertiary/aromatic N) is 1. The van der Waals surface area contributed by atoms with Crippen LogP contribution in [0.25, 0.3) is 82.8 Å². The number of hydrogen-bond acceptors (Lipinski definition) is 4. The third kappa shape index (κ3) is 3.86. The van der Waals surface area contributed by atoms with Gasteiger partial charge in [0.25, 0.3) is 0 Å². The van der Waals surface area contributed by atoms with Crippen LogP contribution in [0.4, 0.5) is 17.1 Å². The van der Waals surface area contributed by atoms with Crippen molar-refractivity contribution >= 4 is 135 Å². The van der Waals surface area contributed by atoms with Crippen LogP contribution in [0.5, 0.6) is 0 Å². The molecule has 13 rings (SSSR count). The standard InChI is InChI=1S/C48H26BNS3/c1-5-16-38-30(10-1)37-22-27(29-14-9-15-34-31-11-2-8-19-44(31)53-48(29)34)23-41-47(37)49(38)39-26-46-36(33-13-4-7-18-43(33)52-46)25-40(39)50(41)28-20-21-45-35(24-28)32-12-3-6-17-42(32)51-45/h1-26H. The molecule has 0 atom stereocenters. The van der Waals surface area contributed by atoms with Gasteiger partial charge >= 0.3 is 0 Å². The summed E-state index contributed by atoms with van der Waals surface area (Å²) in [5, 5.41) is 7.97. The Balaban J connectivity index is 1.16. The molecule has 5 heteroatoms. The lowest BCUT2D eigenvalue weighted by Crippen LogP contribution is -2.54. The predicted molar refractivity (Wildman–Crippen MR) is 235 cm³/mol. The fourth-order valence-electron chi connectivity index (χ4n) is 9.41. The second-order valence-corrected chi connectivity index (χ2v) is 17.6. The summed E-state index contributed by atoms with van der Waals surface area (Å²) in [5.74, 6) is 0. The molecule has 1 nitrogen and oxygen atoms in total. The average Bonchev–Trinajstić information content (AvgIpc) is 3.96. The first-order chi connectivity index (χ1) is 26.3. The van der Waals surface area contributed by atoms with Gasteiger partial charge in [0.2, 0.25) is 6.71 Å². The second-order valence-electron chi connectivity index (χ2n) is 14.4. The Labute approximate surface area is 317 Å². The summed E-state index contributed by atoms with van der Waals surface area (Å²) < 4.78 is 8.04. The van der Waals surface area contributed by atoms with E-state index in [9.17, 15) is 0 Å². The molecule has 0 bridgehead atoms. The fourth-order valence-corrected chi connectivity index (χ4v) is 12.9.